The van der Waals surface area contributed by atoms with Crippen LogP contribution in [0.15, 0.2) is 27.8 Å². The molecule has 0 aliphatic heterocycles. The predicted octanol–water partition coefficient (Wildman–Crippen LogP) is 2.58. The summed E-state index contributed by atoms with van der Waals surface area (Å²) in [5.74, 6) is 1.19. The number of nitrogens with zero attached hydrogens (tertiary/aromatic N) is 2. The minimum Gasteiger partial charge on any atom is -0.411 e. The van der Waals surface area contributed by atoms with Crippen LogP contribution in [-0.4, -0.2) is 28.4 Å². The number of amides is 1. The molecule has 0 spiro atoms. The molecule has 6 heteroatoms. The number of aromatic nitrogens is 2. The maximum Gasteiger partial charge on any atom is 0.276 e. The fourth-order valence-corrected chi connectivity index (χ4v) is 2.24. The van der Waals surface area contributed by atoms with Gasteiger partial charge in [-0.15, -0.1) is 10.2 Å². The molecule has 1 amide bonds. The third-order valence-electron chi connectivity index (χ3n) is 2.86. The van der Waals surface area contributed by atoms with Crippen molar-refractivity contribution in [3.05, 3.63) is 29.3 Å². The molecule has 0 aliphatic carbocycles. The van der Waals surface area contributed by atoms with E-state index in [2.05, 4.69) is 29.4 Å². The molecular weight excluding hydrogens is 274 g/mol. The van der Waals surface area contributed by atoms with Crippen LogP contribution in [0, 0.1) is 13.8 Å². The van der Waals surface area contributed by atoms with Crippen LogP contribution in [-0.2, 0) is 4.79 Å². The molecular formula is C14H17N3O2S. The zero-order valence-electron chi connectivity index (χ0n) is 11.8. The maximum atomic E-state index is 10.7. The van der Waals surface area contributed by atoms with Crippen molar-refractivity contribution < 1.29 is 9.21 Å². The van der Waals surface area contributed by atoms with Gasteiger partial charge in [-0.3, -0.25) is 4.79 Å². The molecule has 0 aliphatic rings. The van der Waals surface area contributed by atoms with Crippen molar-refractivity contribution in [2.75, 3.05) is 12.3 Å². The van der Waals surface area contributed by atoms with Gasteiger partial charge in [-0.2, -0.15) is 0 Å². The Bertz CT molecular complexity index is 610. The monoisotopic (exact) mass is 291 g/mol. The van der Waals surface area contributed by atoms with E-state index in [0.29, 0.717) is 23.4 Å². The number of carbonyl (C=O) groups is 1. The Hall–Kier alpha value is -1.82. The lowest BCUT2D eigenvalue weighted by Gasteiger charge is -2.01. The number of nitrogens with one attached hydrogen (secondary N) is 1. The van der Waals surface area contributed by atoms with Crippen LogP contribution < -0.4 is 5.32 Å². The van der Waals surface area contributed by atoms with Crippen LogP contribution in [0.2, 0.25) is 0 Å². The zero-order valence-corrected chi connectivity index (χ0v) is 12.6. The van der Waals surface area contributed by atoms with E-state index in [9.17, 15) is 4.79 Å². The molecule has 0 unspecified atom stereocenters. The van der Waals surface area contributed by atoms with E-state index >= 15 is 0 Å². The van der Waals surface area contributed by atoms with Crippen LogP contribution in [0.25, 0.3) is 11.5 Å². The van der Waals surface area contributed by atoms with Gasteiger partial charge in [0.05, 0.1) is 0 Å². The summed E-state index contributed by atoms with van der Waals surface area (Å²) < 4.78 is 5.60. The van der Waals surface area contributed by atoms with Crippen molar-refractivity contribution in [1.82, 2.24) is 15.5 Å². The highest BCUT2D eigenvalue weighted by atomic mass is 32.2. The Morgan fingerprint density at radius 1 is 1.30 bits per heavy atom. The molecule has 0 bridgehead atoms. The van der Waals surface area contributed by atoms with Gasteiger partial charge in [-0.1, -0.05) is 17.8 Å². The maximum absolute atomic E-state index is 10.7. The first-order valence-corrected chi connectivity index (χ1v) is 7.33. The number of hydrogen-bond acceptors (Lipinski definition) is 5. The Morgan fingerprint density at radius 3 is 2.80 bits per heavy atom. The summed E-state index contributed by atoms with van der Waals surface area (Å²) in [7, 11) is 0. The van der Waals surface area contributed by atoms with Gasteiger partial charge in [-0.05, 0) is 37.1 Å². The number of rotatable bonds is 5. The Labute approximate surface area is 122 Å². The third-order valence-corrected chi connectivity index (χ3v) is 3.68. The van der Waals surface area contributed by atoms with Gasteiger partial charge in [-0.25, -0.2) is 0 Å². The smallest absolute Gasteiger partial charge is 0.276 e. The van der Waals surface area contributed by atoms with E-state index in [0.717, 1.165) is 5.56 Å². The minimum absolute atomic E-state index is 0.0352. The average Bonchev–Trinajstić information content (AvgIpc) is 2.86. The fraction of sp³-hybridized carbons (Fsp3) is 0.357. The quantitative estimate of drug-likeness (QED) is 0.677. The average molecular weight is 291 g/mol. The predicted molar refractivity (Wildman–Crippen MR) is 78.6 cm³/mol. The number of thioether (sulfide) groups is 1. The van der Waals surface area contributed by atoms with Crippen LogP contribution in [0.4, 0.5) is 0 Å². The molecule has 1 heterocycles. The first-order valence-electron chi connectivity index (χ1n) is 6.34. The Morgan fingerprint density at radius 2 is 2.10 bits per heavy atom. The second-order valence-electron chi connectivity index (χ2n) is 4.50. The highest BCUT2D eigenvalue weighted by molar-refractivity contribution is 7.99. The second-order valence-corrected chi connectivity index (χ2v) is 5.55. The summed E-state index contributed by atoms with van der Waals surface area (Å²) in [6.07, 6.45) is 0. The number of aryl methyl sites for hydroxylation is 2. The van der Waals surface area contributed by atoms with Crippen LogP contribution >= 0.6 is 11.8 Å². The first kappa shape index (κ1) is 14.6. The van der Waals surface area contributed by atoms with E-state index in [4.69, 9.17) is 4.42 Å². The minimum atomic E-state index is -0.0352. The van der Waals surface area contributed by atoms with Gasteiger partial charge >= 0.3 is 0 Å². The van der Waals surface area contributed by atoms with Gasteiger partial charge in [0.2, 0.25) is 11.8 Å². The Kier molecular flexibility index (Phi) is 4.79. The van der Waals surface area contributed by atoms with Gasteiger partial charge < -0.3 is 9.73 Å². The lowest BCUT2D eigenvalue weighted by atomic mass is 10.1. The lowest BCUT2D eigenvalue weighted by molar-refractivity contribution is -0.118. The van der Waals surface area contributed by atoms with Crippen LogP contribution in [0.5, 0.6) is 0 Å². The molecule has 0 saturated carbocycles. The molecule has 1 N–H and O–H groups in total. The van der Waals surface area contributed by atoms with Gasteiger partial charge in [0, 0.05) is 24.8 Å². The van der Waals surface area contributed by atoms with Crippen molar-refractivity contribution in [2.45, 2.75) is 26.0 Å². The topological polar surface area (TPSA) is 68.0 Å². The largest absolute Gasteiger partial charge is 0.411 e. The van der Waals surface area contributed by atoms with Gasteiger partial charge in [0.1, 0.15) is 0 Å². The third kappa shape index (κ3) is 3.84. The van der Waals surface area contributed by atoms with Crippen molar-refractivity contribution in [2.24, 2.45) is 0 Å². The van der Waals surface area contributed by atoms with E-state index < -0.39 is 0 Å². The molecule has 106 valence electrons. The molecule has 1 aromatic carbocycles. The summed E-state index contributed by atoms with van der Waals surface area (Å²) in [5, 5.41) is 11.3. The summed E-state index contributed by atoms with van der Waals surface area (Å²) in [6.45, 7) is 6.20. The highest BCUT2D eigenvalue weighted by Gasteiger charge is 2.09. The number of benzene rings is 1. The normalized spacial score (nSPS) is 10.6. The molecule has 0 fully saturated rings. The summed E-state index contributed by atoms with van der Waals surface area (Å²) >= 11 is 1.43. The molecule has 2 rings (SSSR count). The molecule has 0 radical (unpaired) electrons. The zero-order chi connectivity index (χ0) is 14.5. The van der Waals surface area contributed by atoms with Crippen molar-refractivity contribution in [1.29, 1.82) is 0 Å². The summed E-state index contributed by atoms with van der Waals surface area (Å²) in [5.41, 5.74) is 3.35. The van der Waals surface area contributed by atoms with E-state index in [1.165, 1.54) is 29.8 Å². The van der Waals surface area contributed by atoms with E-state index in [1.807, 2.05) is 18.2 Å². The standard InChI is InChI=1S/C14H17N3O2S/c1-9-4-5-12(8-10(9)2)13-16-17-14(19-13)20-7-6-15-11(3)18/h4-5,8H,6-7H2,1-3H3,(H,15,18). The number of carbonyl (C=O) groups excluding carboxylic acids is 1. The van der Waals surface area contributed by atoms with Crippen LogP contribution in [0.1, 0.15) is 18.1 Å². The summed E-state index contributed by atoms with van der Waals surface area (Å²) in [4.78, 5) is 10.7. The van der Waals surface area contributed by atoms with Crippen molar-refractivity contribution in [3.8, 4) is 11.5 Å². The molecule has 0 saturated heterocycles. The second kappa shape index (κ2) is 6.56. The fourth-order valence-electron chi connectivity index (χ4n) is 1.62. The SMILES string of the molecule is CC(=O)NCCSc1nnc(-c2ccc(C)c(C)c2)o1. The van der Waals surface area contributed by atoms with E-state index in [-0.39, 0.29) is 5.91 Å². The van der Waals surface area contributed by atoms with Gasteiger partial charge in [0.15, 0.2) is 0 Å². The highest BCUT2D eigenvalue weighted by Crippen LogP contribution is 2.24. The van der Waals surface area contributed by atoms with E-state index in [1.54, 1.807) is 0 Å². The summed E-state index contributed by atoms with van der Waals surface area (Å²) in [6, 6.07) is 6.05. The lowest BCUT2D eigenvalue weighted by Crippen LogP contribution is -2.22. The van der Waals surface area contributed by atoms with Crippen molar-refractivity contribution >= 4 is 17.7 Å². The molecule has 2 aromatic rings. The molecule has 5 nitrogen and oxygen atoms in total. The first-order chi connectivity index (χ1) is 9.56. The Balaban J connectivity index is 1.97. The molecule has 0 atom stereocenters. The van der Waals surface area contributed by atoms with Crippen LogP contribution in [0.3, 0.4) is 0 Å². The molecule has 20 heavy (non-hydrogen) atoms. The molecule has 1 aromatic heterocycles. The van der Waals surface area contributed by atoms with Crippen molar-refractivity contribution in [3.63, 3.8) is 0 Å². The van der Waals surface area contributed by atoms with Gasteiger partial charge in [0.25, 0.3) is 5.22 Å². The number of hydrogen-bond donors (Lipinski definition) is 1.